The molecule has 0 saturated carbocycles. The van der Waals surface area contributed by atoms with Gasteiger partial charge in [-0.05, 0) is 35.4 Å². The number of hydrogen-bond donors (Lipinski definition) is 0. The van der Waals surface area contributed by atoms with Gasteiger partial charge in [0.25, 0.3) is 0 Å². The fourth-order valence-electron chi connectivity index (χ4n) is 2.95. The normalized spacial score (nSPS) is 11.7. The van der Waals surface area contributed by atoms with E-state index < -0.39 is 5.97 Å². The predicted molar refractivity (Wildman–Crippen MR) is 114 cm³/mol. The summed E-state index contributed by atoms with van der Waals surface area (Å²) < 4.78 is 17.4. The number of ether oxygens (including phenoxy) is 3. The monoisotopic (exact) mass is 455 g/mol. The van der Waals surface area contributed by atoms with Crippen LogP contribution in [0.1, 0.15) is 33.3 Å². The molecule has 1 unspecified atom stereocenters. The summed E-state index contributed by atoms with van der Waals surface area (Å²) in [6.07, 6.45) is 0.310. The molecule has 0 aliphatic rings. The Kier molecular flexibility index (Phi) is 7.38. The highest BCUT2D eigenvalue weighted by Crippen LogP contribution is 2.27. The van der Waals surface area contributed by atoms with Crippen LogP contribution in [0.25, 0.3) is 0 Å². The molecule has 29 heavy (non-hydrogen) atoms. The van der Waals surface area contributed by atoms with Crippen LogP contribution in [0.2, 0.25) is 0 Å². The number of rotatable bonds is 8. The fourth-order valence-corrected chi connectivity index (χ4v) is 3.40. The molecule has 0 aliphatic heterocycles. The second kappa shape index (κ2) is 10.2. The molecule has 2 aromatic carbocycles. The largest absolute Gasteiger partial charge is 0.480 e. The molecule has 3 rings (SSSR count). The average Bonchev–Trinajstić information content (AvgIpc) is 2.76. The molecule has 0 fully saturated rings. The van der Waals surface area contributed by atoms with Crippen LogP contribution in [0.3, 0.4) is 0 Å². The van der Waals surface area contributed by atoms with E-state index in [1.54, 1.807) is 12.1 Å². The predicted octanol–water partition coefficient (Wildman–Crippen LogP) is 5.14. The summed E-state index contributed by atoms with van der Waals surface area (Å²) in [5.74, 6) is -0.272. The number of carbonyl (C=O) groups is 1. The quantitative estimate of drug-likeness (QED) is 0.440. The maximum atomic E-state index is 11.9. The molecule has 3 aromatic rings. The summed E-state index contributed by atoms with van der Waals surface area (Å²) >= 11 is 3.51. The van der Waals surface area contributed by atoms with Crippen LogP contribution in [0.5, 0.6) is 5.88 Å². The van der Waals surface area contributed by atoms with E-state index in [1.165, 1.54) is 14.2 Å². The smallest absolute Gasteiger partial charge is 0.343 e. The van der Waals surface area contributed by atoms with E-state index in [4.69, 9.17) is 14.2 Å². The highest BCUT2D eigenvalue weighted by Gasteiger charge is 2.20. The molecule has 0 amide bonds. The third-order valence-corrected chi connectivity index (χ3v) is 4.91. The van der Waals surface area contributed by atoms with E-state index in [1.807, 2.05) is 48.5 Å². The molecule has 0 bridgehead atoms. The number of methoxy groups -OCH3 is 2. The highest BCUT2D eigenvalue weighted by molar-refractivity contribution is 9.10. The van der Waals surface area contributed by atoms with Gasteiger partial charge in [0.05, 0.1) is 26.5 Å². The van der Waals surface area contributed by atoms with Crippen LogP contribution in [0.15, 0.2) is 71.2 Å². The summed E-state index contributed by atoms with van der Waals surface area (Å²) in [5.41, 5.74) is 3.15. The second-order valence-corrected chi connectivity index (χ2v) is 7.32. The van der Waals surface area contributed by atoms with Gasteiger partial charge >= 0.3 is 5.97 Å². The van der Waals surface area contributed by atoms with Gasteiger partial charge in [0.15, 0.2) is 0 Å². The number of nitrogens with zero attached hydrogens (tertiary/aromatic N) is 1. The summed E-state index contributed by atoms with van der Waals surface area (Å²) in [5, 5.41) is 0. The number of esters is 1. The molecule has 0 N–H and O–H groups in total. The Morgan fingerprint density at radius 2 is 1.76 bits per heavy atom. The molecule has 1 atom stereocenters. The fraction of sp³-hybridized carbons (Fsp3) is 0.217. The van der Waals surface area contributed by atoms with E-state index in [-0.39, 0.29) is 17.5 Å². The van der Waals surface area contributed by atoms with Gasteiger partial charge in [0.2, 0.25) is 5.88 Å². The molecule has 0 radical (unpaired) electrons. The van der Waals surface area contributed by atoms with Gasteiger partial charge in [-0.3, -0.25) is 0 Å². The van der Waals surface area contributed by atoms with Crippen LogP contribution in [-0.4, -0.2) is 25.2 Å². The Labute approximate surface area is 178 Å². The zero-order valence-electron chi connectivity index (χ0n) is 16.3. The molecule has 150 valence electrons. The van der Waals surface area contributed by atoms with Crippen LogP contribution >= 0.6 is 15.9 Å². The van der Waals surface area contributed by atoms with E-state index in [9.17, 15) is 4.79 Å². The minimum absolute atomic E-state index is 0.219. The third kappa shape index (κ3) is 5.65. The van der Waals surface area contributed by atoms with E-state index in [2.05, 4.69) is 27.0 Å². The lowest BCUT2D eigenvalue weighted by Gasteiger charge is -2.19. The zero-order valence-corrected chi connectivity index (χ0v) is 17.9. The maximum Gasteiger partial charge on any atom is 0.343 e. The van der Waals surface area contributed by atoms with Gasteiger partial charge in [0, 0.05) is 10.9 Å². The summed E-state index contributed by atoms with van der Waals surface area (Å²) in [6.45, 7) is 0.447. The van der Waals surface area contributed by atoms with Gasteiger partial charge < -0.3 is 14.2 Å². The van der Waals surface area contributed by atoms with Gasteiger partial charge in [-0.1, -0.05) is 58.4 Å². The maximum absolute atomic E-state index is 11.9. The first kappa shape index (κ1) is 21.0. The number of pyridine rings is 1. The van der Waals surface area contributed by atoms with Crippen molar-refractivity contribution in [1.29, 1.82) is 0 Å². The van der Waals surface area contributed by atoms with Crippen molar-refractivity contribution in [2.75, 3.05) is 14.2 Å². The van der Waals surface area contributed by atoms with Crippen molar-refractivity contribution in [3.63, 3.8) is 0 Å². The Morgan fingerprint density at radius 3 is 2.45 bits per heavy atom. The molecular formula is C23H22BrNO4. The molecular weight excluding hydrogens is 434 g/mol. The van der Waals surface area contributed by atoms with Crippen LogP contribution in [-0.2, 0) is 22.5 Å². The first-order chi connectivity index (χ1) is 14.1. The summed E-state index contributed by atoms with van der Waals surface area (Å²) in [6, 6.07) is 21.5. The van der Waals surface area contributed by atoms with Crippen molar-refractivity contribution in [3.8, 4) is 5.88 Å². The zero-order chi connectivity index (χ0) is 20.6. The minimum atomic E-state index is -0.491. The number of benzene rings is 2. The first-order valence-electron chi connectivity index (χ1n) is 9.14. The van der Waals surface area contributed by atoms with E-state index in [0.717, 1.165) is 15.6 Å². The second-order valence-electron chi connectivity index (χ2n) is 6.40. The topological polar surface area (TPSA) is 57.7 Å². The van der Waals surface area contributed by atoms with Gasteiger partial charge in [-0.2, -0.15) is 0 Å². The lowest BCUT2D eigenvalue weighted by atomic mass is 10.0. The van der Waals surface area contributed by atoms with E-state index in [0.29, 0.717) is 18.7 Å². The number of halogens is 1. The number of carbonyl (C=O) groups excluding carboxylic acids is 1. The highest BCUT2D eigenvalue weighted by atomic mass is 79.9. The van der Waals surface area contributed by atoms with Crippen molar-refractivity contribution in [2.24, 2.45) is 0 Å². The van der Waals surface area contributed by atoms with Crippen LogP contribution in [0, 0.1) is 0 Å². The summed E-state index contributed by atoms with van der Waals surface area (Å²) in [7, 11) is 2.81. The number of aromatic nitrogens is 1. The Balaban J connectivity index is 1.89. The van der Waals surface area contributed by atoms with Gasteiger partial charge in [-0.25, -0.2) is 9.78 Å². The number of hydrogen-bond acceptors (Lipinski definition) is 5. The van der Waals surface area contributed by atoms with Crippen molar-refractivity contribution < 1.29 is 19.0 Å². The average molecular weight is 456 g/mol. The first-order valence-corrected chi connectivity index (χ1v) is 9.93. The van der Waals surface area contributed by atoms with Crippen molar-refractivity contribution in [3.05, 3.63) is 93.6 Å². The Bertz CT molecular complexity index is 962. The minimum Gasteiger partial charge on any atom is -0.480 e. The lowest BCUT2D eigenvalue weighted by molar-refractivity contribution is 0.0366. The Hall–Kier alpha value is -2.70. The van der Waals surface area contributed by atoms with Crippen LogP contribution < -0.4 is 4.74 Å². The van der Waals surface area contributed by atoms with Gasteiger partial charge in [0.1, 0.15) is 11.7 Å². The SMILES string of the molecule is COC(=O)c1ccc(C(Cc2cccc(Br)c2)OCc2ccccc2)nc1OC. The molecule has 5 nitrogen and oxygen atoms in total. The van der Waals surface area contributed by atoms with Crippen molar-refractivity contribution in [2.45, 2.75) is 19.1 Å². The van der Waals surface area contributed by atoms with E-state index >= 15 is 0 Å². The third-order valence-electron chi connectivity index (χ3n) is 4.41. The summed E-state index contributed by atoms with van der Waals surface area (Å²) in [4.78, 5) is 16.5. The van der Waals surface area contributed by atoms with Gasteiger partial charge in [-0.15, -0.1) is 0 Å². The Morgan fingerprint density at radius 1 is 1.00 bits per heavy atom. The molecule has 0 saturated heterocycles. The molecule has 6 heteroatoms. The molecule has 1 heterocycles. The molecule has 0 spiro atoms. The molecule has 1 aromatic heterocycles. The molecule has 0 aliphatic carbocycles. The van der Waals surface area contributed by atoms with Crippen LogP contribution in [0.4, 0.5) is 0 Å². The lowest BCUT2D eigenvalue weighted by Crippen LogP contribution is -2.13. The standard InChI is InChI=1S/C23H22BrNO4/c1-27-22-19(23(26)28-2)11-12-20(25-22)21(14-17-9-6-10-18(24)13-17)29-15-16-7-4-3-5-8-16/h3-13,21H,14-15H2,1-2H3. The van der Waals surface area contributed by atoms with Crippen molar-refractivity contribution >= 4 is 21.9 Å². The van der Waals surface area contributed by atoms with Crippen molar-refractivity contribution in [1.82, 2.24) is 4.98 Å².